The van der Waals surface area contributed by atoms with E-state index in [4.69, 9.17) is 0 Å². The van der Waals surface area contributed by atoms with E-state index in [9.17, 15) is 18.1 Å². The molecule has 1 aliphatic rings. The number of hydrogen-bond acceptors (Lipinski definition) is 3. The topological polar surface area (TPSA) is 26.7 Å². The van der Waals surface area contributed by atoms with Crippen molar-refractivity contribution in [3.8, 4) is 0 Å². The van der Waals surface area contributed by atoms with Crippen LogP contribution in [0.4, 0.5) is 12.9 Å². The van der Waals surface area contributed by atoms with Gasteiger partial charge in [0.25, 0.3) is 0 Å². The Balaban J connectivity index is 2.29. The lowest BCUT2D eigenvalue weighted by Crippen LogP contribution is -2.53. The van der Waals surface area contributed by atoms with Gasteiger partial charge in [-0.1, -0.05) is 0 Å². The Bertz CT molecular complexity index is 198. The van der Waals surface area contributed by atoms with Crippen LogP contribution < -0.4 is 0 Å². The molecule has 1 rings (SSSR count). The molecule has 1 heterocycles. The fourth-order valence-corrected chi connectivity index (χ4v) is 1.97. The van der Waals surface area contributed by atoms with E-state index in [1.54, 1.807) is 13.8 Å². The van der Waals surface area contributed by atoms with Gasteiger partial charge in [0, 0.05) is 32.7 Å². The van der Waals surface area contributed by atoms with Crippen LogP contribution in [0.2, 0.25) is 0 Å². The SMILES string of the molecule is CC(C)(O)CN1CCN(C[B-](F)(F)F)CC1. The molecular weight excluding hydrogens is 220 g/mol. The van der Waals surface area contributed by atoms with Crippen LogP contribution in [-0.2, 0) is 0 Å². The Morgan fingerprint density at radius 2 is 1.50 bits per heavy atom. The Morgan fingerprint density at radius 3 is 1.88 bits per heavy atom. The van der Waals surface area contributed by atoms with Gasteiger partial charge in [-0.05, 0) is 20.3 Å². The maximum Gasteiger partial charge on any atom is 0.492 e. The van der Waals surface area contributed by atoms with Crippen LogP contribution in [0.5, 0.6) is 0 Å². The molecule has 0 aromatic rings. The number of hydrogen-bond donors (Lipinski definition) is 1. The van der Waals surface area contributed by atoms with Gasteiger partial charge < -0.3 is 23.0 Å². The van der Waals surface area contributed by atoms with Crippen molar-refractivity contribution in [3.05, 3.63) is 0 Å². The molecule has 96 valence electrons. The first-order valence-corrected chi connectivity index (χ1v) is 5.54. The smallest absolute Gasteiger partial charge is 0.448 e. The van der Waals surface area contributed by atoms with Crippen molar-refractivity contribution in [2.75, 3.05) is 39.2 Å². The summed E-state index contributed by atoms with van der Waals surface area (Å²) in [7, 11) is 0. The fourth-order valence-electron chi connectivity index (χ4n) is 1.97. The molecule has 0 amide bonds. The Hall–Kier alpha value is -0.265. The maximum atomic E-state index is 12.2. The summed E-state index contributed by atoms with van der Waals surface area (Å²) in [6, 6.07) is 0. The van der Waals surface area contributed by atoms with Crippen molar-refractivity contribution in [3.63, 3.8) is 0 Å². The van der Waals surface area contributed by atoms with Gasteiger partial charge in [0.1, 0.15) is 0 Å². The summed E-state index contributed by atoms with van der Waals surface area (Å²) in [5.41, 5.74) is -0.782. The maximum absolute atomic E-state index is 12.2. The predicted molar refractivity (Wildman–Crippen MR) is 58.3 cm³/mol. The molecule has 1 aliphatic heterocycles. The van der Waals surface area contributed by atoms with E-state index in [0.29, 0.717) is 32.7 Å². The second-order valence-electron chi connectivity index (χ2n) is 5.10. The molecule has 0 radical (unpaired) electrons. The monoisotopic (exact) mass is 239 g/mol. The van der Waals surface area contributed by atoms with Crippen LogP contribution in [-0.4, -0.2) is 66.7 Å². The second-order valence-corrected chi connectivity index (χ2v) is 5.10. The van der Waals surface area contributed by atoms with E-state index in [1.807, 2.05) is 4.90 Å². The Morgan fingerprint density at radius 1 is 1.06 bits per heavy atom. The third kappa shape index (κ3) is 5.72. The molecule has 3 nitrogen and oxygen atoms in total. The summed E-state index contributed by atoms with van der Waals surface area (Å²) in [6.07, 6.45) is -0.768. The Kier molecular flexibility index (Phi) is 4.26. The summed E-state index contributed by atoms with van der Waals surface area (Å²) in [5, 5.41) is 9.59. The van der Waals surface area contributed by atoms with Gasteiger partial charge in [-0.25, -0.2) is 0 Å². The van der Waals surface area contributed by atoms with Crippen LogP contribution >= 0.6 is 0 Å². The van der Waals surface area contributed by atoms with Crippen LogP contribution in [0.3, 0.4) is 0 Å². The van der Waals surface area contributed by atoms with Crippen LogP contribution in [0.1, 0.15) is 13.8 Å². The first-order chi connectivity index (χ1) is 7.16. The molecule has 0 aromatic heterocycles. The van der Waals surface area contributed by atoms with Crippen molar-refractivity contribution in [1.29, 1.82) is 0 Å². The van der Waals surface area contributed by atoms with Gasteiger partial charge in [0.15, 0.2) is 0 Å². The lowest BCUT2D eigenvalue weighted by molar-refractivity contribution is 0.0189. The number of rotatable bonds is 4. The minimum Gasteiger partial charge on any atom is -0.448 e. The quantitative estimate of drug-likeness (QED) is 0.734. The summed E-state index contributed by atoms with van der Waals surface area (Å²) in [6.45, 7) is 1.25. The van der Waals surface area contributed by atoms with Gasteiger partial charge in [0.05, 0.1) is 5.60 Å². The van der Waals surface area contributed by atoms with Gasteiger partial charge >= 0.3 is 6.98 Å². The number of β-amino-alcohol motifs (C(OH)–C–C–N with tert-alkyl or cyclic N) is 1. The van der Waals surface area contributed by atoms with Crippen molar-refractivity contribution in [2.45, 2.75) is 19.4 Å². The minimum atomic E-state index is -4.72. The highest BCUT2D eigenvalue weighted by molar-refractivity contribution is 6.58. The van der Waals surface area contributed by atoms with Crippen molar-refractivity contribution >= 4 is 6.98 Å². The largest absolute Gasteiger partial charge is 0.492 e. The Labute approximate surface area is 94.3 Å². The van der Waals surface area contributed by atoms with Crippen molar-refractivity contribution in [2.24, 2.45) is 0 Å². The number of aliphatic hydroxyl groups is 1. The fraction of sp³-hybridized carbons (Fsp3) is 1.00. The van der Waals surface area contributed by atoms with Gasteiger partial charge in [0.2, 0.25) is 0 Å². The molecule has 0 atom stereocenters. The highest BCUT2D eigenvalue weighted by atomic mass is 19.4. The summed E-state index contributed by atoms with van der Waals surface area (Å²) < 4.78 is 36.5. The molecule has 1 saturated heterocycles. The normalized spacial score (nSPS) is 21.4. The van der Waals surface area contributed by atoms with Crippen LogP contribution in [0.25, 0.3) is 0 Å². The molecule has 1 fully saturated rings. The molecular formula is C9H19BF3N2O-. The molecule has 0 bridgehead atoms. The molecule has 0 aromatic carbocycles. The zero-order valence-corrected chi connectivity index (χ0v) is 9.80. The second kappa shape index (κ2) is 4.93. The van der Waals surface area contributed by atoms with E-state index in [0.717, 1.165) is 0 Å². The third-order valence-electron chi connectivity index (χ3n) is 2.54. The van der Waals surface area contributed by atoms with E-state index >= 15 is 0 Å². The molecule has 1 N–H and O–H groups in total. The van der Waals surface area contributed by atoms with E-state index in [-0.39, 0.29) is 0 Å². The average Bonchev–Trinajstić information content (AvgIpc) is 2.03. The van der Waals surface area contributed by atoms with Gasteiger partial charge in [-0.3, -0.25) is 4.90 Å². The zero-order valence-electron chi connectivity index (χ0n) is 9.80. The first-order valence-electron chi connectivity index (χ1n) is 5.54. The molecule has 7 heteroatoms. The van der Waals surface area contributed by atoms with Crippen molar-refractivity contribution in [1.82, 2.24) is 9.80 Å². The number of halogens is 3. The molecule has 0 saturated carbocycles. The predicted octanol–water partition coefficient (Wildman–Crippen LogP) is 0.761. The highest BCUT2D eigenvalue weighted by Gasteiger charge is 2.29. The summed E-state index contributed by atoms with van der Waals surface area (Å²) >= 11 is 0. The average molecular weight is 239 g/mol. The first kappa shape index (κ1) is 13.8. The molecule has 0 aliphatic carbocycles. The summed E-state index contributed by atoms with van der Waals surface area (Å²) in [5.74, 6) is 0. The third-order valence-corrected chi connectivity index (χ3v) is 2.54. The molecule has 16 heavy (non-hydrogen) atoms. The van der Waals surface area contributed by atoms with Crippen LogP contribution in [0.15, 0.2) is 0 Å². The molecule has 0 unspecified atom stereocenters. The highest BCUT2D eigenvalue weighted by Crippen LogP contribution is 2.13. The standard InChI is InChI=1S/C9H19BF3N2O/c1-9(2,16)7-14-3-5-15(6-4-14)8-10(11,12)13/h16H,3-8H2,1-2H3/q-1. The minimum absolute atomic E-state index is 0.428. The number of nitrogens with zero attached hydrogens (tertiary/aromatic N) is 2. The number of piperazine rings is 1. The van der Waals surface area contributed by atoms with E-state index in [1.165, 1.54) is 4.90 Å². The van der Waals surface area contributed by atoms with Gasteiger partial charge in [-0.2, -0.15) is 0 Å². The molecule has 0 spiro atoms. The lowest BCUT2D eigenvalue weighted by Gasteiger charge is -2.39. The zero-order chi connectivity index (χ0) is 12.4. The van der Waals surface area contributed by atoms with E-state index < -0.39 is 19.0 Å². The van der Waals surface area contributed by atoms with Gasteiger partial charge in [-0.15, -0.1) is 0 Å². The summed E-state index contributed by atoms with van der Waals surface area (Å²) in [4.78, 5) is 3.43. The van der Waals surface area contributed by atoms with Crippen LogP contribution in [0, 0.1) is 0 Å². The van der Waals surface area contributed by atoms with Crippen molar-refractivity contribution < 1.29 is 18.1 Å². The lowest BCUT2D eigenvalue weighted by atomic mass is 9.91. The van der Waals surface area contributed by atoms with E-state index in [2.05, 4.69) is 0 Å².